The van der Waals surface area contributed by atoms with Crippen molar-refractivity contribution in [3.63, 3.8) is 0 Å². The summed E-state index contributed by atoms with van der Waals surface area (Å²) in [6.07, 6.45) is 1.87. The zero-order valence-electron chi connectivity index (χ0n) is 18.6. The van der Waals surface area contributed by atoms with Gasteiger partial charge in [-0.2, -0.15) is 5.10 Å². The third-order valence-corrected chi connectivity index (χ3v) is 6.39. The summed E-state index contributed by atoms with van der Waals surface area (Å²) >= 11 is 9.58. The largest absolute Gasteiger partial charge is 0.487 e. The van der Waals surface area contributed by atoms with E-state index in [9.17, 15) is 4.79 Å². The van der Waals surface area contributed by atoms with Crippen molar-refractivity contribution in [3.8, 4) is 5.75 Å². The number of hydrogen-bond donors (Lipinski definition) is 1. The lowest BCUT2D eigenvalue weighted by atomic mass is 10.0. The van der Waals surface area contributed by atoms with Crippen molar-refractivity contribution < 1.29 is 9.53 Å². The number of benzene rings is 4. The summed E-state index contributed by atoms with van der Waals surface area (Å²) in [5.41, 5.74) is 2.64. The first-order chi connectivity index (χ1) is 17.0. The van der Waals surface area contributed by atoms with Crippen LogP contribution < -0.4 is 10.1 Å². The molecular weight excluding hydrogens is 526 g/mol. The van der Waals surface area contributed by atoms with Crippen molar-refractivity contribution in [2.45, 2.75) is 13.2 Å². The van der Waals surface area contributed by atoms with E-state index in [0.29, 0.717) is 35.3 Å². The molecule has 5 aromatic rings. The summed E-state index contributed by atoms with van der Waals surface area (Å²) in [7, 11) is 0. The van der Waals surface area contributed by atoms with Crippen molar-refractivity contribution in [2.24, 2.45) is 0 Å². The molecule has 0 radical (unpaired) electrons. The third kappa shape index (κ3) is 5.56. The predicted molar refractivity (Wildman–Crippen MR) is 143 cm³/mol. The quantitative estimate of drug-likeness (QED) is 0.232. The highest BCUT2D eigenvalue weighted by Gasteiger charge is 2.10. The van der Waals surface area contributed by atoms with Crippen molar-refractivity contribution in [2.75, 3.05) is 5.32 Å². The Bertz CT molecular complexity index is 1490. The predicted octanol–water partition coefficient (Wildman–Crippen LogP) is 7.33. The van der Waals surface area contributed by atoms with Crippen LogP contribution in [0.4, 0.5) is 5.82 Å². The average molecular weight is 547 g/mol. The molecule has 0 aliphatic heterocycles. The monoisotopic (exact) mass is 545 g/mol. The van der Waals surface area contributed by atoms with E-state index in [-0.39, 0.29) is 5.91 Å². The molecule has 0 saturated heterocycles. The second-order valence-electron chi connectivity index (χ2n) is 8.05. The number of hydrogen-bond acceptors (Lipinski definition) is 3. The SMILES string of the molecule is O=C(Nc1ccn(Cc2cccc3ccccc23)n1)c1ccc(COc2ccc(Br)cc2Cl)cc1. The van der Waals surface area contributed by atoms with Crippen LogP contribution >= 0.6 is 27.5 Å². The number of carbonyl (C=O) groups excluding carboxylic acids is 1. The topological polar surface area (TPSA) is 56.2 Å². The molecule has 0 saturated carbocycles. The number of amides is 1. The second-order valence-corrected chi connectivity index (χ2v) is 9.37. The molecular formula is C28H21BrClN3O2. The third-order valence-electron chi connectivity index (χ3n) is 5.60. The summed E-state index contributed by atoms with van der Waals surface area (Å²) in [6, 6.07) is 29.0. The van der Waals surface area contributed by atoms with Gasteiger partial charge in [-0.25, -0.2) is 0 Å². The lowest BCUT2D eigenvalue weighted by Gasteiger charge is -2.09. The number of halogens is 2. The van der Waals surface area contributed by atoms with E-state index >= 15 is 0 Å². The van der Waals surface area contributed by atoms with Crippen molar-refractivity contribution in [3.05, 3.63) is 123 Å². The molecule has 1 amide bonds. The standard InChI is InChI=1S/C28H21BrClN3O2/c29-23-12-13-26(25(30)16-23)35-18-19-8-10-21(11-9-19)28(34)31-27-14-15-33(32-27)17-22-6-3-5-20-4-1-2-7-24(20)22/h1-16H,17-18H2,(H,31,32,34). The molecule has 5 nitrogen and oxygen atoms in total. The number of nitrogens with one attached hydrogen (secondary N) is 1. The molecule has 35 heavy (non-hydrogen) atoms. The van der Waals surface area contributed by atoms with Crippen LogP contribution in [0.2, 0.25) is 5.02 Å². The van der Waals surface area contributed by atoms with Crippen LogP contribution in [0.1, 0.15) is 21.5 Å². The number of rotatable bonds is 7. The number of carbonyl (C=O) groups is 1. The van der Waals surface area contributed by atoms with Crippen LogP contribution in [0, 0.1) is 0 Å². The van der Waals surface area contributed by atoms with Gasteiger partial charge in [-0.3, -0.25) is 9.48 Å². The van der Waals surface area contributed by atoms with Crippen LogP contribution in [0.15, 0.2) is 102 Å². The summed E-state index contributed by atoms with van der Waals surface area (Å²) in [5, 5.41) is 10.3. The van der Waals surface area contributed by atoms with E-state index < -0.39 is 0 Å². The summed E-state index contributed by atoms with van der Waals surface area (Å²) in [4.78, 5) is 12.7. The molecule has 0 aliphatic carbocycles. The summed E-state index contributed by atoms with van der Waals surface area (Å²) < 4.78 is 8.50. The fourth-order valence-electron chi connectivity index (χ4n) is 3.82. The van der Waals surface area contributed by atoms with Gasteiger partial charge in [-0.15, -0.1) is 0 Å². The Balaban J connectivity index is 1.20. The lowest BCUT2D eigenvalue weighted by Crippen LogP contribution is -2.13. The van der Waals surface area contributed by atoms with Crippen molar-refractivity contribution >= 4 is 50.0 Å². The van der Waals surface area contributed by atoms with Gasteiger partial charge in [-0.1, -0.05) is 82.1 Å². The van der Waals surface area contributed by atoms with Gasteiger partial charge >= 0.3 is 0 Å². The minimum atomic E-state index is -0.219. The Hall–Kier alpha value is -3.61. The molecule has 0 fully saturated rings. The lowest BCUT2D eigenvalue weighted by molar-refractivity contribution is 0.102. The van der Waals surface area contributed by atoms with Crippen LogP contribution in [-0.4, -0.2) is 15.7 Å². The van der Waals surface area contributed by atoms with E-state index in [1.54, 1.807) is 24.3 Å². The second kappa shape index (κ2) is 10.3. The number of aromatic nitrogens is 2. The molecule has 0 atom stereocenters. The Labute approximate surface area is 216 Å². The van der Waals surface area contributed by atoms with Crippen LogP contribution in [0.5, 0.6) is 5.75 Å². The minimum absolute atomic E-state index is 0.219. The van der Waals surface area contributed by atoms with E-state index in [1.807, 2.05) is 53.3 Å². The fourth-order valence-corrected chi connectivity index (χ4v) is 4.54. The van der Waals surface area contributed by atoms with Crippen LogP contribution in [0.25, 0.3) is 10.8 Å². The zero-order valence-corrected chi connectivity index (χ0v) is 21.0. The minimum Gasteiger partial charge on any atom is -0.487 e. The van der Waals surface area contributed by atoms with Gasteiger partial charge in [0.2, 0.25) is 0 Å². The normalized spacial score (nSPS) is 10.9. The number of ether oxygens (including phenoxy) is 1. The first kappa shape index (κ1) is 23.1. The Morgan fingerprint density at radius 1 is 0.971 bits per heavy atom. The molecule has 0 unspecified atom stereocenters. The first-order valence-corrected chi connectivity index (χ1v) is 12.2. The van der Waals surface area contributed by atoms with Gasteiger partial charge in [0.15, 0.2) is 5.82 Å². The molecule has 0 bridgehead atoms. The Morgan fingerprint density at radius 3 is 2.60 bits per heavy atom. The smallest absolute Gasteiger partial charge is 0.256 e. The molecule has 1 aromatic heterocycles. The van der Waals surface area contributed by atoms with Gasteiger partial charge in [0, 0.05) is 22.3 Å². The maximum atomic E-state index is 12.7. The first-order valence-electron chi connectivity index (χ1n) is 11.0. The molecule has 0 spiro atoms. The molecule has 1 heterocycles. The van der Waals surface area contributed by atoms with Gasteiger partial charge < -0.3 is 10.1 Å². The maximum absolute atomic E-state index is 12.7. The molecule has 7 heteroatoms. The highest BCUT2D eigenvalue weighted by Crippen LogP contribution is 2.28. The Kier molecular flexibility index (Phi) is 6.84. The average Bonchev–Trinajstić information content (AvgIpc) is 3.30. The highest BCUT2D eigenvalue weighted by molar-refractivity contribution is 9.10. The molecule has 174 valence electrons. The molecule has 4 aromatic carbocycles. The van der Waals surface area contributed by atoms with Crippen LogP contribution in [-0.2, 0) is 13.2 Å². The van der Waals surface area contributed by atoms with E-state index in [1.165, 1.54) is 16.3 Å². The number of nitrogens with zero attached hydrogens (tertiary/aromatic N) is 2. The van der Waals surface area contributed by atoms with Gasteiger partial charge in [0.05, 0.1) is 11.6 Å². The fraction of sp³-hybridized carbons (Fsp3) is 0.0714. The van der Waals surface area contributed by atoms with Gasteiger partial charge in [0.25, 0.3) is 5.91 Å². The molecule has 0 aliphatic rings. The van der Waals surface area contributed by atoms with Crippen molar-refractivity contribution in [1.82, 2.24) is 9.78 Å². The van der Waals surface area contributed by atoms with Crippen LogP contribution in [0.3, 0.4) is 0 Å². The summed E-state index contributed by atoms with van der Waals surface area (Å²) in [5.74, 6) is 0.895. The summed E-state index contributed by atoms with van der Waals surface area (Å²) in [6.45, 7) is 0.968. The van der Waals surface area contributed by atoms with Crippen molar-refractivity contribution in [1.29, 1.82) is 0 Å². The molecule has 1 N–H and O–H groups in total. The molecule has 5 rings (SSSR count). The van der Waals surface area contributed by atoms with E-state index in [4.69, 9.17) is 16.3 Å². The highest BCUT2D eigenvalue weighted by atomic mass is 79.9. The van der Waals surface area contributed by atoms with E-state index in [0.717, 1.165) is 10.0 Å². The van der Waals surface area contributed by atoms with E-state index in [2.05, 4.69) is 50.6 Å². The van der Waals surface area contributed by atoms with Gasteiger partial charge in [-0.05, 0) is 52.2 Å². The number of anilines is 1. The van der Waals surface area contributed by atoms with Gasteiger partial charge in [0.1, 0.15) is 12.4 Å². The zero-order chi connectivity index (χ0) is 24.2. The number of fused-ring (bicyclic) bond motifs is 1. The Morgan fingerprint density at radius 2 is 1.77 bits per heavy atom. The maximum Gasteiger partial charge on any atom is 0.256 e.